The molecule has 86 valence electrons. The Balaban J connectivity index is 2.28. The van der Waals surface area contributed by atoms with E-state index in [1.165, 1.54) is 12.4 Å². The number of rotatable bonds is 3. The lowest BCUT2D eigenvalue weighted by atomic mass is 10.2. The lowest BCUT2D eigenvalue weighted by Crippen LogP contribution is -1.91. The summed E-state index contributed by atoms with van der Waals surface area (Å²) in [5.41, 5.74) is 1.14. The van der Waals surface area contributed by atoms with E-state index < -0.39 is 5.83 Å². The molecule has 0 unspecified atom stereocenters. The summed E-state index contributed by atoms with van der Waals surface area (Å²) in [5, 5.41) is 8.57. The van der Waals surface area contributed by atoms with Crippen molar-refractivity contribution in [2.75, 3.05) is 6.61 Å². The van der Waals surface area contributed by atoms with Gasteiger partial charge in [-0.3, -0.25) is 0 Å². The molecule has 0 amide bonds. The van der Waals surface area contributed by atoms with E-state index in [0.717, 1.165) is 11.6 Å². The highest BCUT2D eigenvalue weighted by Crippen LogP contribution is 2.17. The highest BCUT2D eigenvalue weighted by Gasteiger charge is 2.03. The fourth-order valence-electron chi connectivity index (χ4n) is 1.39. The van der Waals surface area contributed by atoms with Gasteiger partial charge in [0, 0.05) is 23.5 Å². The molecule has 4 heteroatoms. The predicted molar refractivity (Wildman–Crippen MR) is 63.6 cm³/mol. The Bertz CT molecular complexity index is 509. The number of nitrogens with zero attached hydrogens (tertiary/aromatic N) is 2. The highest BCUT2D eigenvalue weighted by molar-refractivity contribution is 5.60. The van der Waals surface area contributed by atoms with E-state index >= 15 is 0 Å². The van der Waals surface area contributed by atoms with Crippen LogP contribution < -0.4 is 0 Å². The number of hydrogen-bond acceptors (Lipinski definition) is 3. The zero-order valence-electron chi connectivity index (χ0n) is 9.05. The van der Waals surface area contributed by atoms with Gasteiger partial charge in [-0.15, -0.1) is 0 Å². The lowest BCUT2D eigenvalue weighted by molar-refractivity contribution is 0.342. The van der Waals surface area contributed by atoms with Crippen molar-refractivity contribution in [1.29, 1.82) is 0 Å². The summed E-state index contributed by atoms with van der Waals surface area (Å²) in [5.74, 6) is 0.0262. The summed E-state index contributed by atoms with van der Waals surface area (Å²) in [7, 11) is 0. The van der Waals surface area contributed by atoms with Crippen molar-refractivity contribution in [3.05, 3.63) is 54.4 Å². The lowest BCUT2D eigenvalue weighted by Gasteiger charge is -2.00. The molecule has 0 bridgehead atoms. The SMILES string of the molecule is OCC=C(F)c1cnc(-c2ccccc2)nc1. The zero-order valence-corrected chi connectivity index (χ0v) is 9.05. The second kappa shape index (κ2) is 5.32. The molecule has 0 fully saturated rings. The molecule has 1 heterocycles. The maximum atomic E-state index is 13.3. The van der Waals surface area contributed by atoms with Gasteiger partial charge in [0.15, 0.2) is 5.82 Å². The molecule has 0 radical (unpaired) electrons. The van der Waals surface area contributed by atoms with Crippen molar-refractivity contribution < 1.29 is 9.50 Å². The van der Waals surface area contributed by atoms with E-state index in [-0.39, 0.29) is 12.2 Å². The molecule has 0 aliphatic heterocycles. The van der Waals surface area contributed by atoms with Gasteiger partial charge in [-0.1, -0.05) is 30.3 Å². The Morgan fingerprint density at radius 2 is 1.82 bits per heavy atom. The number of benzene rings is 1. The maximum absolute atomic E-state index is 13.3. The van der Waals surface area contributed by atoms with Gasteiger partial charge in [-0.25, -0.2) is 14.4 Å². The molecule has 0 aliphatic rings. The first-order valence-electron chi connectivity index (χ1n) is 5.15. The van der Waals surface area contributed by atoms with Crippen LogP contribution in [0.25, 0.3) is 17.2 Å². The maximum Gasteiger partial charge on any atom is 0.159 e. The van der Waals surface area contributed by atoms with Gasteiger partial charge in [-0.2, -0.15) is 0 Å². The number of aromatic nitrogens is 2. The second-order valence-corrected chi connectivity index (χ2v) is 3.40. The van der Waals surface area contributed by atoms with Crippen molar-refractivity contribution in [3.8, 4) is 11.4 Å². The van der Waals surface area contributed by atoms with E-state index in [1.54, 1.807) is 0 Å². The molecule has 1 aromatic heterocycles. The van der Waals surface area contributed by atoms with Gasteiger partial charge < -0.3 is 5.11 Å². The molecule has 1 N–H and O–H groups in total. The van der Waals surface area contributed by atoms with Gasteiger partial charge in [0.2, 0.25) is 0 Å². The largest absolute Gasteiger partial charge is 0.392 e. The van der Waals surface area contributed by atoms with Crippen LogP contribution in [0.3, 0.4) is 0 Å². The van der Waals surface area contributed by atoms with E-state index in [0.29, 0.717) is 5.82 Å². The Hall–Kier alpha value is -2.07. The fourth-order valence-corrected chi connectivity index (χ4v) is 1.39. The normalized spacial score (nSPS) is 11.5. The number of hydrogen-bond donors (Lipinski definition) is 1. The quantitative estimate of drug-likeness (QED) is 0.880. The van der Waals surface area contributed by atoms with Gasteiger partial charge >= 0.3 is 0 Å². The number of aliphatic hydroxyl groups is 1. The van der Waals surface area contributed by atoms with Crippen LogP contribution >= 0.6 is 0 Å². The molecule has 3 nitrogen and oxygen atoms in total. The van der Waals surface area contributed by atoms with Crippen LogP contribution in [0.5, 0.6) is 0 Å². The van der Waals surface area contributed by atoms with Crippen LogP contribution in [0, 0.1) is 0 Å². The summed E-state index contributed by atoms with van der Waals surface area (Å²) in [6.07, 6.45) is 3.87. The van der Waals surface area contributed by atoms with Crippen molar-refractivity contribution >= 4 is 5.83 Å². The molecule has 0 aliphatic carbocycles. The number of halogens is 1. The Morgan fingerprint density at radius 3 is 2.41 bits per heavy atom. The molecular formula is C13H11FN2O. The minimum atomic E-state index is -0.521. The topological polar surface area (TPSA) is 46.0 Å². The minimum Gasteiger partial charge on any atom is -0.392 e. The molecule has 2 aromatic rings. The van der Waals surface area contributed by atoms with E-state index in [9.17, 15) is 4.39 Å². The van der Waals surface area contributed by atoms with Crippen LogP contribution in [0.4, 0.5) is 4.39 Å². The smallest absolute Gasteiger partial charge is 0.159 e. The van der Waals surface area contributed by atoms with E-state index in [2.05, 4.69) is 9.97 Å². The monoisotopic (exact) mass is 230 g/mol. The standard InChI is InChI=1S/C13H11FN2O/c14-12(6-7-17)11-8-15-13(16-9-11)10-4-2-1-3-5-10/h1-6,8-9,17H,7H2. The van der Waals surface area contributed by atoms with E-state index in [1.807, 2.05) is 30.3 Å². The molecule has 1 aromatic carbocycles. The summed E-state index contributed by atoms with van der Waals surface area (Å²) in [6.45, 7) is -0.341. The predicted octanol–water partition coefficient (Wildman–Crippen LogP) is 2.45. The van der Waals surface area contributed by atoms with Gasteiger partial charge in [0.05, 0.1) is 6.61 Å². The van der Waals surface area contributed by atoms with Gasteiger partial charge in [0.1, 0.15) is 5.83 Å². The highest BCUT2D eigenvalue weighted by atomic mass is 19.1. The van der Waals surface area contributed by atoms with Crippen LogP contribution in [0.1, 0.15) is 5.56 Å². The molecule has 0 saturated heterocycles. The summed E-state index contributed by atoms with van der Waals surface area (Å²) in [4.78, 5) is 8.16. The van der Waals surface area contributed by atoms with Crippen LogP contribution in [0.2, 0.25) is 0 Å². The fraction of sp³-hybridized carbons (Fsp3) is 0.0769. The minimum absolute atomic E-state index is 0.263. The number of aliphatic hydroxyl groups excluding tert-OH is 1. The average molecular weight is 230 g/mol. The van der Waals surface area contributed by atoms with Gasteiger partial charge in [-0.05, 0) is 6.08 Å². The molecule has 0 atom stereocenters. The average Bonchev–Trinajstić information content (AvgIpc) is 2.40. The van der Waals surface area contributed by atoms with Crippen LogP contribution in [0.15, 0.2) is 48.8 Å². The summed E-state index contributed by atoms with van der Waals surface area (Å²) >= 11 is 0. The Labute approximate surface area is 98.3 Å². The summed E-state index contributed by atoms with van der Waals surface area (Å²) < 4.78 is 13.3. The summed E-state index contributed by atoms with van der Waals surface area (Å²) in [6, 6.07) is 9.45. The van der Waals surface area contributed by atoms with Crippen molar-refractivity contribution in [3.63, 3.8) is 0 Å². The molecule has 2 rings (SSSR count). The van der Waals surface area contributed by atoms with Crippen LogP contribution in [-0.2, 0) is 0 Å². The first-order valence-corrected chi connectivity index (χ1v) is 5.15. The van der Waals surface area contributed by atoms with Crippen molar-refractivity contribution in [1.82, 2.24) is 9.97 Å². The first-order chi connectivity index (χ1) is 8.31. The molecule has 0 spiro atoms. The third-order valence-electron chi connectivity index (χ3n) is 2.23. The van der Waals surface area contributed by atoms with Crippen molar-refractivity contribution in [2.24, 2.45) is 0 Å². The Morgan fingerprint density at radius 1 is 1.18 bits per heavy atom. The van der Waals surface area contributed by atoms with Crippen LogP contribution in [-0.4, -0.2) is 21.7 Å². The molecule has 17 heavy (non-hydrogen) atoms. The molecule has 0 saturated carbocycles. The second-order valence-electron chi connectivity index (χ2n) is 3.40. The van der Waals surface area contributed by atoms with E-state index in [4.69, 9.17) is 5.11 Å². The zero-order chi connectivity index (χ0) is 12.1. The molecular weight excluding hydrogens is 219 g/mol. The Kier molecular flexibility index (Phi) is 3.57. The third kappa shape index (κ3) is 2.73. The third-order valence-corrected chi connectivity index (χ3v) is 2.23. The van der Waals surface area contributed by atoms with Gasteiger partial charge in [0.25, 0.3) is 0 Å². The first kappa shape index (κ1) is 11.4. The van der Waals surface area contributed by atoms with Crippen molar-refractivity contribution in [2.45, 2.75) is 0 Å².